The minimum atomic E-state index is 0.467. The highest BCUT2D eigenvalue weighted by Gasteiger charge is 2.12. The van der Waals surface area contributed by atoms with Crippen molar-refractivity contribution in [3.05, 3.63) is 57.5 Å². The molecule has 0 saturated heterocycles. The van der Waals surface area contributed by atoms with Crippen LogP contribution < -0.4 is 9.47 Å². The Kier molecular flexibility index (Phi) is 5.11. The molecule has 4 heteroatoms. The summed E-state index contributed by atoms with van der Waals surface area (Å²) in [4.78, 5) is 0. The topological polar surface area (TPSA) is 18.5 Å². The molecule has 0 unspecified atom stereocenters. The van der Waals surface area contributed by atoms with Gasteiger partial charge in [-0.05, 0) is 40.5 Å². The van der Waals surface area contributed by atoms with Gasteiger partial charge in [0.1, 0.15) is 17.4 Å². The summed E-state index contributed by atoms with van der Waals surface area (Å²) in [5, 5.41) is 0.493. The number of rotatable bonds is 5. The van der Waals surface area contributed by atoms with Crippen LogP contribution in [0.5, 0.6) is 11.5 Å². The highest BCUT2D eigenvalue weighted by Crippen LogP contribution is 2.40. The molecule has 100 valence electrons. The van der Waals surface area contributed by atoms with E-state index in [2.05, 4.69) is 15.9 Å². The maximum Gasteiger partial charge on any atom is 0.156 e. The van der Waals surface area contributed by atoms with Crippen molar-refractivity contribution in [1.82, 2.24) is 0 Å². The summed E-state index contributed by atoms with van der Waals surface area (Å²) in [7, 11) is 0. The lowest BCUT2D eigenvalue weighted by atomic mass is 10.2. The minimum Gasteiger partial charge on any atom is -0.492 e. The van der Waals surface area contributed by atoms with Crippen LogP contribution in [0.1, 0.15) is 12.5 Å². The largest absolute Gasteiger partial charge is 0.492 e. The van der Waals surface area contributed by atoms with Crippen LogP contribution in [0.25, 0.3) is 0 Å². The molecule has 0 saturated carbocycles. The number of hydrogen-bond acceptors (Lipinski definition) is 2. The lowest BCUT2D eigenvalue weighted by molar-refractivity contribution is 0.298. The number of ether oxygens (including phenoxy) is 2. The van der Waals surface area contributed by atoms with E-state index in [-0.39, 0.29) is 0 Å². The molecule has 0 fully saturated rings. The van der Waals surface area contributed by atoms with Gasteiger partial charge < -0.3 is 9.47 Å². The van der Waals surface area contributed by atoms with E-state index in [0.717, 1.165) is 10.0 Å². The molecule has 2 nitrogen and oxygen atoms in total. The van der Waals surface area contributed by atoms with Crippen LogP contribution in [-0.2, 0) is 6.61 Å². The summed E-state index contributed by atoms with van der Waals surface area (Å²) in [6.45, 7) is 2.96. The Morgan fingerprint density at radius 3 is 2.47 bits per heavy atom. The van der Waals surface area contributed by atoms with E-state index >= 15 is 0 Å². The van der Waals surface area contributed by atoms with Gasteiger partial charge in [0.05, 0.1) is 11.1 Å². The molecular formula is C15H14BrClO2. The summed E-state index contributed by atoms with van der Waals surface area (Å²) < 4.78 is 12.0. The first-order chi connectivity index (χ1) is 9.22. The third-order valence-corrected chi connectivity index (χ3v) is 3.52. The Labute approximate surface area is 126 Å². The second-order valence-electron chi connectivity index (χ2n) is 3.90. The van der Waals surface area contributed by atoms with Gasteiger partial charge in [0.15, 0.2) is 5.75 Å². The fourth-order valence-electron chi connectivity index (χ4n) is 1.64. The van der Waals surface area contributed by atoms with Crippen molar-refractivity contribution < 1.29 is 9.47 Å². The van der Waals surface area contributed by atoms with Crippen molar-refractivity contribution in [1.29, 1.82) is 0 Å². The maximum atomic E-state index is 6.28. The zero-order chi connectivity index (χ0) is 13.7. The van der Waals surface area contributed by atoms with Crippen LogP contribution in [0.4, 0.5) is 0 Å². The summed E-state index contributed by atoms with van der Waals surface area (Å²) in [5.74, 6) is 1.24. The fourth-order valence-corrected chi connectivity index (χ4v) is 2.48. The van der Waals surface area contributed by atoms with Gasteiger partial charge >= 0.3 is 0 Å². The number of halogens is 2. The predicted octanol–water partition coefficient (Wildman–Crippen LogP) is 5.08. The summed E-state index contributed by atoms with van der Waals surface area (Å²) in [6, 6.07) is 13.6. The van der Waals surface area contributed by atoms with Gasteiger partial charge in [0.25, 0.3) is 0 Å². The molecule has 0 N–H and O–H groups in total. The second kappa shape index (κ2) is 6.83. The van der Waals surface area contributed by atoms with E-state index in [1.165, 1.54) is 0 Å². The molecule has 0 heterocycles. The van der Waals surface area contributed by atoms with Crippen molar-refractivity contribution >= 4 is 27.5 Å². The van der Waals surface area contributed by atoms with Gasteiger partial charge in [-0.25, -0.2) is 0 Å². The smallest absolute Gasteiger partial charge is 0.156 e. The molecule has 0 aliphatic rings. The van der Waals surface area contributed by atoms with Crippen LogP contribution in [0.3, 0.4) is 0 Å². The molecule has 0 spiro atoms. The van der Waals surface area contributed by atoms with E-state index in [1.54, 1.807) is 0 Å². The molecular weight excluding hydrogens is 328 g/mol. The van der Waals surface area contributed by atoms with Gasteiger partial charge in [-0.15, -0.1) is 0 Å². The zero-order valence-corrected chi connectivity index (χ0v) is 12.9. The first kappa shape index (κ1) is 14.2. The Morgan fingerprint density at radius 1 is 1.05 bits per heavy atom. The van der Waals surface area contributed by atoms with Crippen molar-refractivity contribution in [3.63, 3.8) is 0 Å². The lowest BCUT2D eigenvalue weighted by Gasteiger charge is -2.13. The van der Waals surface area contributed by atoms with E-state index in [0.29, 0.717) is 29.7 Å². The molecule has 0 radical (unpaired) electrons. The molecule has 19 heavy (non-hydrogen) atoms. The average molecular weight is 342 g/mol. The molecule has 2 aromatic rings. The first-order valence-electron chi connectivity index (χ1n) is 6.00. The molecule has 0 aromatic heterocycles. The molecule has 0 amide bonds. The first-order valence-corrected chi connectivity index (χ1v) is 7.17. The molecule has 0 atom stereocenters. The Hall–Kier alpha value is -1.19. The summed E-state index contributed by atoms with van der Waals surface area (Å²) in [6.07, 6.45) is 0. The molecule has 0 aliphatic heterocycles. The number of benzene rings is 2. The fraction of sp³-hybridized carbons (Fsp3) is 0.200. The molecule has 0 aliphatic carbocycles. The molecule has 0 bridgehead atoms. The van der Waals surface area contributed by atoms with Gasteiger partial charge in [0, 0.05) is 0 Å². The molecule has 2 aromatic carbocycles. The maximum absolute atomic E-state index is 6.28. The quantitative estimate of drug-likeness (QED) is 0.755. The van der Waals surface area contributed by atoms with Crippen LogP contribution in [0.15, 0.2) is 46.9 Å². The van der Waals surface area contributed by atoms with Gasteiger partial charge in [0.2, 0.25) is 0 Å². The summed E-state index contributed by atoms with van der Waals surface area (Å²) >= 11 is 9.72. The minimum absolute atomic E-state index is 0.467. The number of hydrogen-bond donors (Lipinski definition) is 0. The highest BCUT2D eigenvalue weighted by atomic mass is 79.9. The van der Waals surface area contributed by atoms with Crippen molar-refractivity contribution in [2.45, 2.75) is 13.5 Å². The molecule has 2 rings (SSSR count). The van der Waals surface area contributed by atoms with Gasteiger partial charge in [-0.1, -0.05) is 41.9 Å². The Balaban J connectivity index is 2.17. The SMILES string of the molecule is CCOc1ccc(Br)c(OCc2ccccc2)c1Cl. The van der Waals surface area contributed by atoms with Crippen LogP contribution in [0, 0.1) is 0 Å². The van der Waals surface area contributed by atoms with Gasteiger partial charge in [-0.2, -0.15) is 0 Å². The van der Waals surface area contributed by atoms with Crippen LogP contribution >= 0.6 is 27.5 Å². The third kappa shape index (κ3) is 3.64. The van der Waals surface area contributed by atoms with Crippen LogP contribution in [0.2, 0.25) is 5.02 Å². The second-order valence-corrected chi connectivity index (χ2v) is 5.13. The predicted molar refractivity (Wildman–Crippen MR) is 81.1 cm³/mol. The Morgan fingerprint density at radius 2 is 1.79 bits per heavy atom. The lowest BCUT2D eigenvalue weighted by Crippen LogP contribution is -1.99. The normalized spacial score (nSPS) is 10.3. The van der Waals surface area contributed by atoms with E-state index in [1.807, 2.05) is 49.4 Å². The monoisotopic (exact) mass is 340 g/mol. The Bertz CT molecular complexity index is 543. The zero-order valence-electron chi connectivity index (χ0n) is 10.5. The van der Waals surface area contributed by atoms with E-state index < -0.39 is 0 Å². The van der Waals surface area contributed by atoms with Crippen molar-refractivity contribution in [2.24, 2.45) is 0 Å². The third-order valence-electron chi connectivity index (χ3n) is 2.54. The average Bonchev–Trinajstić information content (AvgIpc) is 2.43. The van der Waals surface area contributed by atoms with Crippen molar-refractivity contribution in [3.8, 4) is 11.5 Å². The van der Waals surface area contributed by atoms with Crippen LogP contribution in [-0.4, -0.2) is 6.61 Å². The van der Waals surface area contributed by atoms with Gasteiger partial charge in [-0.3, -0.25) is 0 Å². The van der Waals surface area contributed by atoms with E-state index in [4.69, 9.17) is 21.1 Å². The van der Waals surface area contributed by atoms with E-state index in [9.17, 15) is 0 Å². The summed E-state index contributed by atoms with van der Waals surface area (Å²) in [5.41, 5.74) is 1.09. The highest BCUT2D eigenvalue weighted by molar-refractivity contribution is 9.10. The standard InChI is InChI=1S/C15H14BrClO2/c1-2-18-13-9-8-12(16)15(14(13)17)19-10-11-6-4-3-5-7-11/h3-9H,2,10H2,1H3. The van der Waals surface area contributed by atoms with Crippen molar-refractivity contribution in [2.75, 3.05) is 6.61 Å².